The molecule has 1 amide bonds. The molecule has 3 rings (SSSR count). The number of halogens is 3. The zero-order chi connectivity index (χ0) is 17.3. The number of nitrogens with zero attached hydrogens (tertiary/aromatic N) is 1. The standard InChI is InChI=1S/C18H23F3N2O/c1-2-5-17(24)23(15-9-8-12-10-22-11-13(12)15)16-7-4-3-6-14(16)18(19,20)21/h3-4,6-7,12-13,15,22H,2,5,8-11H2,1H3. The molecule has 1 saturated heterocycles. The van der Waals surface area contributed by atoms with E-state index >= 15 is 0 Å². The predicted octanol–water partition coefficient (Wildman–Crippen LogP) is 3.84. The number of hydrogen-bond acceptors (Lipinski definition) is 2. The molecule has 0 bridgehead atoms. The van der Waals surface area contributed by atoms with E-state index in [1.807, 2.05) is 6.92 Å². The van der Waals surface area contributed by atoms with Crippen LogP contribution in [0.25, 0.3) is 0 Å². The maximum atomic E-state index is 13.5. The molecule has 24 heavy (non-hydrogen) atoms. The van der Waals surface area contributed by atoms with E-state index in [9.17, 15) is 18.0 Å². The number of fused-ring (bicyclic) bond motifs is 1. The molecule has 1 aromatic carbocycles. The Kier molecular flexibility index (Phi) is 4.85. The molecule has 1 aliphatic heterocycles. The van der Waals surface area contributed by atoms with Crippen LogP contribution in [0.2, 0.25) is 0 Å². The van der Waals surface area contributed by atoms with Crippen molar-refractivity contribution in [3.05, 3.63) is 29.8 Å². The molecule has 6 heteroatoms. The van der Waals surface area contributed by atoms with E-state index in [1.54, 1.807) is 6.07 Å². The maximum Gasteiger partial charge on any atom is 0.418 e. The lowest BCUT2D eigenvalue weighted by atomic mass is 9.95. The summed E-state index contributed by atoms with van der Waals surface area (Å²) in [5.41, 5.74) is -0.704. The van der Waals surface area contributed by atoms with Gasteiger partial charge in [0.2, 0.25) is 5.91 Å². The Bertz CT molecular complexity index is 602. The minimum absolute atomic E-state index is 0.0148. The average molecular weight is 340 g/mol. The summed E-state index contributed by atoms with van der Waals surface area (Å²) in [6.07, 6.45) is -1.82. The number of hydrogen-bond donors (Lipinski definition) is 1. The largest absolute Gasteiger partial charge is 0.418 e. The number of nitrogens with one attached hydrogen (secondary N) is 1. The molecule has 3 unspecified atom stereocenters. The zero-order valence-electron chi connectivity index (χ0n) is 13.8. The van der Waals surface area contributed by atoms with E-state index < -0.39 is 11.7 Å². The first-order valence-electron chi connectivity index (χ1n) is 8.62. The second-order valence-corrected chi connectivity index (χ2v) is 6.76. The summed E-state index contributed by atoms with van der Waals surface area (Å²) in [6, 6.07) is 5.32. The first-order valence-corrected chi connectivity index (χ1v) is 8.62. The van der Waals surface area contributed by atoms with Crippen LogP contribution in [0.5, 0.6) is 0 Å². The van der Waals surface area contributed by atoms with Crippen LogP contribution >= 0.6 is 0 Å². The number of anilines is 1. The summed E-state index contributed by atoms with van der Waals surface area (Å²) in [5, 5.41) is 3.32. The van der Waals surface area contributed by atoms with Crippen molar-refractivity contribution in [2.75, 3.05) is 18.0 Å². The van der Waals surface area contributed by atoms with Gasteiger partial charge in [0.25, 0.3) is 0 Å². The second kappa shape index (κ2) is 6.75. The minimum atomic E-state index is -4.47. The molecule has 1 N–H and O–H groups in total. The number of amides is 1. The maximum absolute atomic E-state index is 13.5. The van der Waals surface area contributed by atoms with Crippen LogP contribution in [-0.4, -0.2) is 25.0 Å². The highest BCUT2D eigenvalue weighted by Gasteiger charge is 2.45. The van der Waals surface area contributed by atoms with Crippen LogP contribution < -0.4 is 10.2 Å². The van der Waals surface area contributed by atoms with Gasteiger partial charge in [0, 0.05) is 19.0 Å². The lowest BCUT2D eigenvalue weighted by Gasteiger charge is -2.34. The van der Waals surface area contributed by atoms with Gasteiger partial charge < -0.3 is 10.2 Å². The van der Waals surface area contributed by atoms with Crippen molar-refractivity contribution in [1.29, 1.82) is 0 Å². The minimum Gasteiger partial charge on any atom is -0.316 e. The van der Waals surface area contributed by atoms with Crippen molar-refractivity contribution in [1.82, 2.24) is 5.32 Å². The fraction of sp³-hybridized carbons (Fsp3) is 0.611. The van der Waals surface area contributed by atoms with E-state index in [0.717, 1.165) is 32.0 Å². The molecule has 2 aliphatic rings. The smallest absolute Gasteiger partial charge is 0.316 e. The number of carbonyl (C=O) groups is 1. The normalized spacial score (nSPS) is 26.4. The van der Waals surface area contributed by atoms with Gasteiger partial charge in [-0.2, -0.15) is 13.2 Å². The van der Waals surface area contributed by atoms with Crippen LogP contribution in [0.1, 0.15) is 38.2 Å². The zero-order valence-corrected chi connectivity index (χ0v) is 13.8. The summed E-state index contributed by atoms with van der Waals surface area (Å²) in [7, 11) is 0. The molecular weight excluding hydrogens is 317 g/mol. The highest BCUT2D eigenvalue weighted by atomic mass is 19.4. The molecule has 2 fully saturated rings. The Labute approximate surface area is 140 Å². The molecule has 0 spiro atoms. The fourth-order valence-electron chi connectivity index (χ4n) is 4.19. The Morgan fingerprint density at radius 3 is 2.71 bits per heavy atom. The van der Waals surface area contributed by atoms with Crippen LogP contribution in [0.4, 0.5) is 18.9 Å². The van der Waals surface area contributed by atoms with Gasteiger partial charge in [-0.3, -0.25) is 4.79 Å². The van der Waals surface area contributed by atoms with Crippen LogP contribution in [0, 0.1) is 11.8 Å². The van der Waals surface area contributed by atoms with E-state index in [1.165, 1.54) is 17.0 Å². The SMILES string of the molecule is CCCC(=O)N(c1ccccc1C(F)(F)F)C1CCC2CNCC21. The van der Waals surface area contributed by atoms with Gasteiger partial charge in [0.15, 0.2) is 0 Å². The summed E-state index contributed by atoms with van der Waals surface area (Å²) < 4.78 is 40.4. The molecule has 3 nitrogen and oxygen atoms in total. The molecule has 1 aromatic rings. The topological polar surface area (TPSA) is 32.3 Å². The highest BCUT2D eigenvalue weighted by molar-refractivity contribution is 5.95. The van der Waals surface area contributed by atoms with E-state index in [-0.39, 0.29) is 30.0 Å². The molecule has 0 aromatic heterocycles. The van der Waals surface area contributed by atoms with Gasteiger partial charge >= 0.3 is 6.18 Å². The molecule has 1 aliphatic carbocycles. The fourth-order valence-corrected chi connectivity index (χ4v) is 4.19. The van der Waals surface area contributed by atoms with Gasteiger partial charge in [-0.25, -0.2) is 0 Å². The third-order valence-electron chi connectivity index (χ3n) is 5.25. The van der Waals surface area contributed by atoms with Gasteiger partial charge in [-0.1, -0.05) is 19.1 Å². The number of alkyl halides is 3. The van der Waals surface area contributed by atoms with E-state index in [2.05, 4.69) is 5.32 Å². The Hall–Kier alpha value is -1.56. The van der Waals surface area contributed by atoms with Gasteiger partial charge in [-0.05, 0) is 49.8 Å². The molecule has 132 valence electrons. The summed E-state index contributed by atoms with van der Waals surface area (Å²) in [6.45, 7) is 3.55. The lowest BCUT2D eigenvalue weighted by molar-refractivity contribution is -0.137. The van der Waals surface area contributed by atoms with Crippen molar-refractivity contribution in [3.63, 3.8) is 0 Å². The molecular formula is C18H23F3N2O. The highest BCUT2D eigenvalue weighted by Crippen LogP contribution is 2.43. The third-order valence-corrected chi connectivity index (χ3v) is 5.25. The lowest BCUT2D eigenvalue weighted by Crippen LogP contribution is -2.45. The first-order chi connectivity index (χ1) is 11.4. The third kappa shape index (κ3) is 3.16. The number of rotatable bonds is 4. The van der Waals surface area contributed by atoms with Gasteiger partial charge in [0.05, 0.1) is 11.3 Å². The molecule has 1 saturated carbocycles. The monoisotopic (exact) mass is 340 g/mol. The van der Waals surface area contributed by atoms with Crippen molar-refractivity contribution in [2.24, 2.45) is 11.8 Å². The molecule has 1 heterocycles. The predicted molar refractivity (Wildman–Crippen MR) is 86.7 cm³/mol. The Morgan fingerprint density at radius 1 is 1.25 bits per heavy atom. The van der Waals surface area contributed by atoms with E-state index in [0.29, 0.717) is 12.3 Å². The summed E-state index contributed by atoms with van der Waals surface area (Å²) >= 11 is 0. The summed E-state index contributed by atoms with van der Waals surface area (Å²) in [4.78, 5) is 14.2. The van der Waals surface area contributed by atoms with Crippen LogP contribution in [-0.2, 0) is 11.0 Å². The van der Waals surface area contributed by atoms with Crippen molar-refractivity contribution < 1.29 is 18.0 Å². The molecule has 0 radical (unpaired) electrons. The van der Waals surface area contributed by atoms with Crippen LogP contribution in [0.15, 0.2) is 24.3 Å². The number of benzene rings is 1. The second-order valence-electron chi connectivity index (χ2n) is 6.76. The average Bonchev–Trinajstić information content (AvgIpc) is 3.12. The van der Waals surface area contributed by atoms with Crippen molar-refractivity contribution in [3.8, 4) is 0 Å². The quantitative estimate of drug-likeness (QED) is 0.903. The van der Waals surface area contributed by atoms with Crippen molar-refractivity contribution in [2.45, 2.75) is 44.8 Å². The van der Waals surface area contributed by atoms with Crippen molar-refractivity contribution >= 4 is 11.6 Å². The summed E-state index contributed by atoms with van der Waals surface area (Å²) in [5.74, 6) is 0.504. The Balaban J connectivity index is 2.02. The van der Waals surface area contributed by atoms with Gasteiger partial charge in [0.1, 0.15) is 0 Å². The number of carbonyl (C=O) groups excluding carboxylic acids is 1. The number of para-hydroxylation sites is 1. The van der Waals surface area contributed by atoms with Gasteiger partial charge in [-0.15, -0.1) is 0 Å². The Morgan fingerprint density at radius 2 is 2.00 bits per heavy atom. The first kappa shape index (κ1) is 17.3. The van der Waals surface area contributed by atoms with E-state index in [4.69, 9.17) is 0 Å². The van der Waals surface area contributed by atoms with Crippen LogP contribution in [0.3, 0.4) is 0 Å². The molecule has 3 atom stereocenters.